The van der Waals surface area contributed by atoms with Gasteiger partial charge in [-0.3, -0.25) is 0 Å². The van der Waals surface area contributed by atoms with E-state index in [9.17, 15) is 4.79 Å². The topological polar surface area (TPSA) is 40.5 Å². The van der Waals surface area contributed by atoms with Crippen molar-refractivity contribution >= 4 is 28.0 Å². The fraction of sp³-hybridized carbons (Fsp3) is 0.235. The van der Waals surface area contributed by atoms with Crippen molar-refractivity contribution in [2.24, 2.45) is 0 Å². The molecule has 0 spiro atoms. The molecule has 21 heavy (non-hydrogen) atoms. The molecule has 4 nitrogen and oxygen atoms in total. The van der Waals surface area contributed by atoms with Crippen molar-refractivity contribution < 1.29 is 14.3 Å². The van der Waals surface area contributed by atoms with E-state index < -0.39 is 6.16 Å². The molecule has 3 aromatic rings. The van der Waals surface area contributed by atoms with E-state index in [1.165, 1.54) is 10.8 Å². The Labute approximate surface area is 122 Å². The van der Waals surface area contributed by atoms with E-state index in [2.05, 4.69) is 28.8 Å². The standard InChI is InChI=1S/C17H17NO3/c1-2-20-17(19)21-12-11-18-15-9-5-3-7-13(15)14-8-4-6-10-16(14)18/h3-10H,2,11-12H2,1H3. The molecule has 0 unspecified atom stereocenters. The van der Waals surface area contributed by atoms with Crippen LogP contribution in [-0.2, 0) is 16.0 Å². The van der Waals surface area contributed by atoms with Crippen molar-refractivity contribution in [1.82, 2.24) is 4.57 Å². The molecular weight excluding hydrogens is 266 g/mol. The fourth-order valence-electron chi connectivity index (χ4n) is 2.62. The predicted octanol–water partition coefficient (Wildman–Crippen LogP) is 3.97. The van der Waals surface area contributed by atoms with E-state index in [0.717, 1.165) is 11.0 Å². The van der Waals surface area contributed by atoms with Crippen LogP contribution in [0.15, 0.2) is 48.5 Å². The Bertz CT molecular complexity index is 723. The highest BCUT2D eigenvalue weighted by Crippen LogP contribution is 2.28. The highest BCUT2D eigenvalue weighted by Gasteiger charge is 2.10. The van der Waals surface area contributed by atoms with Gasteiger partial charge in [0.15, 0.2) is 0 Å². The van der Waals surface area contributed by atoms with E-state index >= 15 is 0 Å². The largest absolute Gasteiger partial charge is 0.508 e. The zero-order valence-electron chi connectivity index (χ0n) is 11.9. The fourth-order valence-corrected chi connectivity index (χ4v) is 2.62. The Kier molecular flexibility index (Phi) is 3.77. The maximum Gasteiger partial charge on any atom is 0.508 e. The molecule has 0 N–H and O–H groups in total. The quantitative estimate of drug-likeness (QED) is 0.680. The summed E-state index contributed by atoms with van der Waals surface area (Å²) in [7, 11) is 0. The first-order chi connectivity index (χ1) is 10.3. The molecule has 0 saturated carbocycles. The smallest absolute Gasteiger partial charge is 0.435 e. The highest BCUT2D eigenvalue weighted by atomic mass is 16.7. The Morgan fingerprint density at radius 3 is 2.10 bits per heavy atom. The second-order valence-electron chi connectivity index (χ2n) is 4.72. The van der Waals surface area contributed by atoms with E-state index in [1.54, 1.807) is 6.92 Å². The van der Waals surface area contributed by atoms with Crippen LogP contribution in [0.2, 0.25) is 0 Å². The van der Waals surface area contributed by atoms with Gasteiger partial charge in [0.2, 0.25) is 0 Å². The normalized spacial score (nSPS) is 10.9. The van der Waals surface area contributed by atoms with Crippen molar-refractivity contribution in [2.75, 3.05) is 13.2 Å². The maximum absolute atomic E-state index is 11.2. The number of hydrogen-bond acceptors (Lipinski definition) is 3. The van der Waals surface area contributed by atoms with Crippen LogP contribution in [0.3, 0.4) is 0 Å². The average Bonchev–Trinajstić information content (AvgIpc) is 2.83. The Morgan fingerprint density at radius 1 is 0.952 bits per heavy atom. The molecular formula is C17H17NO3. The zero-order chi connectivity index (χ0) is 14.7. The first-order valence-corrected chi connectivity index (χ1v) is 7.06. The predicted molar refractivity (Wildman–Crippen MR) is 82.4 cm³/mol. The molecule has 4 heteroatoms. The summed E-state index contributed by atoms with van der Waals surface area (Å²) >= 11 is 0. The summed E-state index contributed by atoms with van der Waals surface area (Å²) in [5, 5.41) is 2.42. The van der Waals surface area contributed by atoms with Crippen LogP contribution >= 0.6 is 0 Å². The van der Waals surface area contributed by atoms with Crippen LogP contribution in [0, 0.1) is 0 Å². The van der Waals surface area contributed by atoms with Gasteiger partial charge in [-0.05, 0) is 19.1 Å². The number of aromatic nitrogens is 1. The number of nitrogens with zero attached hydrogens (tertiary/aromatic N) is 1. The summed E-state index contributed by atoms with van der Waals surface area (Å²) in [4.78, 5) is 11.2. The number of carbonyl (C=O) groups is 1. The molecule has 0 atom stereocenters. The van der Waals surface area contributed by atoms with Gasteiger partial charge in [0.1, 0.15) is 6.61 Å². The lowest BCUT2D eigenvalue weighted by Gasteiger charge is -2.08. The molecule has 0 aliphatic heterocycles. The summed E-state index contributed by atoms with van der Waals surface area (Å²) in [5.74, 6) is 0. The minimum atomic E-state index is -0.613. The van der Waals surface area contributed by atoms with Crippen molar-refractivity contribution in [3.8, 4) is 0 Å². The molecule has 0 bridgehead atoms. The Balaban J connectivity index is 1.91. The molecule has 0 aliphatic rings. The van der Waals surface area contributed by atoms with E-state index in [0.29, 0.717) is 19.8 Å². The Morgan fingerprint density at radius 2 is 1.52 bits per heavy atom. The highest BCUT2D eigenvalue weighted by molar-refractivity contribution is 6.07. The monoisotopic (exact) mass is 283 g/mol. The van der Waals surface area contributed by atoms with Crippen LogP contribution in [0.1, 0.15) is 6.92 Å². The molecule has 2 aromatic carbocycles. The van der Waals surface area contributed by atoms with Crippen molar-refractivity contribution in [1.29, 1.82) is 0 Å². The first kappa shape index (κ1) is 13.5. The zero-order valence-corrected chi connectivity index (χ0v) is 11.9. The van der Waals surface area contributed by atoms with Crippen LogP contribution < -0.4 is 0 Å². The number of ether oxygens (including phenoxy) is 2. The summed E-state index contributed by atoms with van der Waals surface area (Å²) in [6.45, 7) is 2.98. The molecule has 108 valence electrons. The third-order valence-corrected chi connectivity index (χ3v) is 3.48. The molecule has 3 rings (SSSR count). The summed E-state index contributed by atoms with van der Waals surface area (Å²) in [6, 6.07) is 16.5. The maximum atomic E-state index is 11.2. The van der Waals surface area contributed by atoms with Gasteiger partial charge in [-0.15, -0.1) is 0 Å². The van der Waals surface area contributed by atoms with Crippen molar-refractivity contribution in [3.63, 3.8) is 0 Å². The van der Waals surface area contributed by atoms with E-state index in [-0.39, 0.29) is 0 Å². The number of fused-ring (bicyclic) bond motifs is 3. The molecule has 1 aromatic heterocycles. The third kappa shape index (κ3) is 2.57. The summed E-state index contributed by atoms with van der Waals surface area (Å²) in [5.41, 5.74) is 2.29. The van der Waals surface area contributed by atoms with E-state index in [1.807, 2.05) is 24.3 Å². The van der Waals surface area contributed by atoms with Gasteiger partial charge in [0, 0.05) is 21.8 Å². The number of hydrogen-bond donors (Lipinski definition) is 0. The molecule has 0 saturated heterocycles. The lowest BCUT2D eigenvalue weighted by Crippen LogP contribution is -2.12. The minimum absolute atomic E-state index is 0.293. The van der Waals surface area contributed by atoms with Crippen LogP contribution in [0.25, 0.3) is 21.8 Å². The summed E-state index contributed by atoms with van der Waals surface area (Å²) < 4.78 is 12.0. The first-order valence-electron chi connectivity index (χ1n) is 7.06. The summed E-state index contributed by atoms with van der Waals surface area (Å²) in [6.07, 6.45) is -0.613. The van der Waals surface area contributed by atoms with Crippen molar-refractivity contribution in [3.05, 3.63) is 48.5 Å². The number of benzene rings is 2. The van der Waals surface area contributed by atoms with Crippen molar-refractivity contribution in [2.45, 2.75) is 13.5 Å². The van der Waals surface area contributed by atoms with Gasteiger partial charge in [-0.2, -0.15) is 0 Å². The van der Waals surface area contributed by atoms with Gasteiger partial charge in [-0.1, -0.05) is 36.4 Å². The van der Waals surface area contributed by atoms with Crippen LogP contribution in [-0.4, -0.2) is 23.9 Å². The van der Waals surface area contributed by atoms with Gasteiger partial charge in [-0.25, -0.2) is 4.79 Å². The minimum Gasteiger partial charge on any atom is -0.435 e. The molecule has 0 aliphatic carbocycles. The molecule has 0 amide bonds. The van der Waals surface area contributed by atoms with Gasteiger partial charge >= 0.3 is 6.16 Å². The van der Waals surface area contributed by atoms with Crippen LogP contribution in [0.4, 0.5) is 4.79 Å². The Hall–Kier alpha value is -2.49. The second-order valence-corrected chi connectivity index (χ2v) is 4.72. The lowest BCUT2D eigenvalue weighted by molar-refractivity contribution is 0.0571. The number of para-hydroxylation sites is 2. The van der Waals surface area contributed by atoms with Gasteiger partial charge in [0.25, 0.3) is 0 Å². The molecule has 1 heterocycles. The lowest BCUT2D eigenvalue weighted by atomic mass is 10.2. The van der Waals surface area contributed by atoms with E-state index in [4.69, 9.17) is 9.47 Å². The van der Waals surface area contributed by atoms with Gasteiger partial charge < -0.3 is 14.0 Å². The molecule has 0 fully saturated rings. The second kappa shape index (κ2) is 5.87. The third-order valence-electron chi connectivity index (χ3n) is 3.48. The number of carbonyl (C=O) groups excluding carboxylic acids is 1. The van der Waals surface area contributed by atoms with Gasteiger partial charge in [0.05, 0.1) is 13.2 Å². The number of rotatable bonds is 4. The molecule has 0 radical (unpaired) electrons. The SMILES string of the molecule is CCOC(=O)OCCn1c2ccccc2c2ccccc21. The van der Waals surface area contributed by atoms with Crippen LogP contribution in [0.5, 0.6) is 0 Å². The average molecular weight is 283 g/mol.